The average molecular weight is 263 g/mol. The quantitative estimate of drug-likeness (QED) is 0.668. The predicted octanol–water partition coefficient (Wildman–Crippen LogP) is 4.61. The third-order valence-corrected chi connectivity index (χ3v) is 3.45. The van der Waals surface area contributed by atoms with Crippen LogP contribution in [-0.4, -0.2) is 11.6 Å². The molecule has 0 saturated heterocycles. The molecule has 0 amide bonds. The first-order chi connectivity index (χ1) is 9.85. The SMILES string of the molecule is C=CCOc1ccc2c([nH]c3ccccc32)c1CC=C. The van der Waals surface area contributed by atoms with Gasteiger partial charge < -0.3 is 9.72 Å². The summed E-state index contributed by atoms with van der Waals surface area (Å²) in [4.78, 5) is 3.49. The number of ether oxygens (including phenoxy) is 1. The summed E-state index contributed by atoms with van der Waals surface area (Å²) in [5, 5.41) is 2.46. The maximum atomic E-state index is 5.76. The van der Waals surface area contributed by atoms with Crippen LogP contribution in [0.25, 0.3) is 21.8 Å². The van der Waals surface area contributed by atoms with Crippen molar-refractivity contribution in [2.45, 2.75) is 6.42 Å². The largest absolute Gasteiger partial charge is 0.489 e. The Morgan fingerprint density at radius 2 is 1.85 bits per heavy atom. The molecule has 2 aromatic carbocycles. The van der Waals surface area contributed by atoms with Gasteiger partial charge in [0.2, 0.25) is 0 Å². The minimum atomic E-state index is 0.510. The van der Waals surface area contributed by atoms with Gasteiger partial charge in [-0.15, -0.1) is 6.58 Å². The number of allylic oxidation sites excluding steroid dienone is 1. The first-order valence-electron chi connectivity index (χ1n) is 6.72. The van der Waals surface area contributed by atoms with E-state index >= 15 is 0 Å². The van der Waals surface area contributed by atoms with Gasteiger partial charge in [-0.25, -0.2) is 0 Å². The molecule has 0 aliphatic heterocycles. The van der Waals surface area contributed by atoms with Crippen molar-refractivity contribution in [2.75, 3.05) is 6.61 Å². The zero-order valence-corrected chi connectivity index (χ0v) is 11.4. The lowest BCUT2D eigenvalue weighted by atomic mass is 10.1. The van der Waals surface area contributed by atoms with Gasteiger partial charge in [0.25, 0.3) is 0 Å². The Morgan fingerprint density at radius 1 is 1.00 bits per heavy atom. The smallest absolute Gasteiger partial charge is 0.125 e. The third kappa shape index (κ3) is 1.99. The lowest BCUT2D eigenvalue weighted by Gasteiger charge is -2.10. The van der Waals surface area contributed by atoms with Crippen LogP contribution in [0.4, 0.5) is 0 Å². The summed E-state index contributed by atoms with van der Waals surface area (Å²) in [7, 11) is 0. The van der Waals surface area contributed by atoms with Crippen LogP contribution >= 0.6 is 0 Å². The summed E-state index contributed by atoms with van der Waals surface area (Å²) in [6.07, 6.45) is 4.44. The van der Waals surface area contributed by atoms with E-state index < -0.39 is 0 Å². The molecule has 0 atom stereocenters. The molecule has 3 aromatic rings. The minimum Gasteiger partial charge on any atom is -0.489 e. The number of benzene rings is 2. The number of hydrogen-bond acceptors (Lipinski definition) is 1. The molecule has 0 aliphatic rings. The van der Waals surface area contributed by atoms with Crippen LogP contribution in [0.5, 0.6) is 5.75 Å². The van der Waals surface area contributed by atoms with E-state index in [0.29, 0.717) is 6.61 Å². The molecule has 0 aliphatic carbocycles. The van der Waals surface area contributed by atoms with Crippen LogP contribution in [0.3, 0.4) is 0 Å². The van der Waals surface area contributed by atoms with E-state index in [1.165, 1.54) is 10.8 Å². The van der Waals surface area contributed by atoms with Crippen molar-refractivity contribution >= 4 is 21.8 Å². The van der Waals surface area contributed by atoms with E-state index in [-0.39, 0.29) is 0 Å². The fraction of sp³-hybridized carbons (Fsp3) is 0.111. The van der Waals surface area contributed by atoms with Crippen molar-refractivity contribution in [1.29, 1.82) is 0 Å². The first kappa shape index (κ1) is 12.5. The topological polar surface area (TPSA) is 25.0 Å². The Bertz CT molecular complexity index is 783. The van der Waals surface area contributed by atoms with Gasteiger partial charge in [-0.05, 0) is 24.6 Å². The van der Waals surface area contributed by atoms with Crippen LogP contribution in [0.15, 0.2) is 61.7 Å². The standard InChI is InChI=1S/C18H17NO/c1-3-7-15-17(20-12-4-2)11-10-14-13-8-5-6-9-16(13)19-18(14)15/h3-6,8-11,19H,1-2,7,12H2. The number of H-pyrrole nitrogens is 1. The van der Waals surface area contributed by atoms with Crippen LogP contribution in [0.2, 0.25) is 0 Å². The first-order valence-corrected chi connectivity index (χ1v) is 6.72. The predicted molar refractivity (Wildman–Crippen MR) is 85.4 cm³/mol. The van der Waals surface area contributed by atoms with Crippen LogP contribution < -0.4 is 4.74 Å². The van der Waals surface area contributed by atoms with Crippen molar-refractivity contribution in [3.63, 3.8) is 0 Å². The van der Waals surface area contributed by atoms with Crippen molar-refractivity contribution in [3.05, 3.63) is 67.3 Å². The van der Waals surface area contributed by atoms with Crippen LogP contribution in [0.1, 0.15) is 5.56 Å². The molecule has 0 unspecified atom stereocenters. The molecule has 0 bridgehead atoms. The molecule has 2 nitrogen and oxygen atoms in total. The zero-order valence-electron chi connectivity index (χ0n) is 11.4. The molecule has 1 aromatic heterocycles. The van der Waals surface area contributed by atoms with Crippen molar-refractivity contribution in [1.82, 2.24) is 4.98 Å². The molecule has 3 rings (SSSR count). The normalized spacial score (nSPS) is 10.8. The second-order valence-electron chi connectivity index (χ2n) is 4.73. The van der Waals surface area contributed by atoms with Gasteiger partial charge in [-0.3, -0.25) is 0 Å². The molecule has 20 heavy (non-hydrogen) atoms. The summed E-state index contributed by atoms with van der Waals surface area (Å²) in [6.45, 7) is 8.05. The number of nitrogens with one attached hydrogen (secondary N) is 1. The fourth-order valence-electron chi connectivity index (χ4n) is 2.59. The number of rotatable bonds is 5. The second kappa shape index (κ2) is 5.25. The molecular weight excluding hydrogens is 246 g/mol. The molecule has 100 valence electrons. The molecule has 0 spiro atoms. The highest BCUT2D eigenvalue weighted by Gasteiger charge is 2.11. The highest BCUT2D eigenvalue weighted by molar-refractivity contribution is 6.08. The summed E-state index contributed by atoms with van der Waals surface area (Å²) >= 11 is 0. The maximum absolute atomic E-state index is 5.76. The van der Waals surface area contributed by atoms with Gasteiger partial charge in [0.1, 0.15) is 12.4 Å². The number of fused-ring (bicyclic) bond motifs is 3. The maximum Gasteiger partial charge on any atom is 0.125 e. The second-order valence-corrected chi connectivity index (χ2v) is 4.73. The summed E-state index contributed by atoms with van der Waals surface area (Å²) in [6, 6.07) is 12.5. The van der Waals surface area contributed by atoms with E-state index in [4.69, 9.17) is 4.74 Å². The van der Waals surface area contributed by atoms with E-state index in [9.17, 15) is 0 Å². The number of aromatic nitrogens is 1. The van der Waals surface area contributed by atoms with Gasteiger partial charge in [0.15, 0.2) is 0 Å². The Kier molecular flexibility index (Phi) is 3.30. The Labute approximate surface area is 118 Å². The molecule has 1 N–H and O–H groups in total. The molecule has 1 heterocycles. The van der Waals surface area contributed by atoms with Crippen molar-refractivity contribution < 1.29 is 4.74 Å². The van der Waals surface area contributed by atoms with Crippen LogP contribution in [-0.2, 0) is 6.42 Å². The Balaban J connectivity index is 2.27. The van der Waals surface area contributed by atoms with Gasteiger partial charge in [0, 0.05) is 21.9 Å². The van der Waals surface area contributed by atoms with Crippen molar-refractivity contribution in [3.8, 4) is 5.75 Å². The molecular formula is C18H17NO. The lowest BCUT2D eigenvalue weighted by molar-refractivity contribution is 0.360. The molecule has 0 radical (unpaired) electrons. The summed E-state index contributed by atoms with van der Waals surface area (Å²) < 4.78 is 5.76. The summed E-state index contributed by atoms with van der Waals surface area (Å²) in [5.74, 6) is 0.892. The molecule has 0 fully saturated rings. The van der Waals surface area contributed by atoms with Gasteiger partial charge in [-0.2, -0.15) is 0 Å². The number of aromatic amines is 1. The molecule has 2 heteroatoms. The fourth-order valence-corrected chi connectivity index (χ4v) is 2.59. The minimum absolute atomic E-state index is 0.510. The Morgan fingerprint density at radius 3 is 2.65 bits per heavy atom. The monoisotopic (exact) mass is 263 g/mol. The lowest BCUT2D eigenvalue weighted by Crippen LogP contribution is -1.97. The highest BCUT2D eigenvalue weighted by atomic mass is 16.5. The molecule has 0 saturated carbocycles. The van der Waals surface area contributed by atoms with E-state index in [0.717, 1.165) is 28.8 Å². The van der Waals surface area contributed by atoms with Crippen molar-refractivity contribution in [2.24, 2.45) is 0 Å². The van der Waals surface area contributed by atoms with E-state index in [2.05, 4.69) is 42.4 Å². The number of hydrogen-bond donors (Lipinski definition) is 1. The van der Waals surface area contributed by atoms with E-state index in [1.54, 1.807) is 6.08 Å². The van der Waals surface area contributed by atoms with Crippen LogP contribution in [0, 0.1) is 0 Å². The van der Waals surface area contributed by atoms with Gasteiger partial charge in [0.05, 0.1) is 5.52 Å². The average Bonchev–Trinajstić information content (AvgIpc) is 2.85. The van der Waals surface area contributed by atoms with E-state index in [1.807, 2.05) is 18.2 Å². The highest BCUT2D eigenvalue weighted by Crippen LogP contribution is 2.33. The zero-order chi connectivity index (χ0) is 13.9. The summed E-state index contributed by atoms with van der Waals surface area (Å²) in [5.41, 5.74) is 3.43. The Hall–Kier alpha value is -2.48. The number of para-hydroxylation sites is 1. The van der Waals surface area contributed by atoms with Gasteiger partial charge in [-0.1, -0.05) is 36.9 Å². The third-order valence-electron chi connectivity index (χ3n) is 3.45. The van der Waals surface area contributed by atoms with Gasteiger partial charge >= 0.3 is 0 Å².